The molecule has 3 rings (SSSR count). The summed E-state index contributed by atoms with van der Waals surface area (Å²) < 4.78 is 0. The van der Waals surface area contributed by atoms with E-state index in [-0.39, 0.29) is 35.8 Å². The van der Waals surface area contributed by atoms with Crippen molar-refractivity contribution in [3.63, 3.8) is 0 Å². The van der Waals surface area contributed by atoms with Gasteiger partial charge in [0.25, 0.3) is 5.91 Å². The van der Waals surface area contributed by atoms with Crippen molar-refractivity contribution in [3.05, 3.63) is 0 Å². The molecule has 0 bridgehead atoms. The van der Waals surface area contributed by atoms with Crippen molar-refractivity contribution in [2.75, 3.05) is 13.1 Å². The number of amides is 4. The lowest BCUT2D eigenvalue weighted by molar-refractivity contribution is -0.133. The molecule has 3 aliphatic heterocycles. The fraction of sp³-hybridized carbons (Fsp3) is 0.800. The van der Waals surface area contributed by atoms with Crippen molar-refractivity contribution in [2.45, 2.75) is 64.1 Å². The lowest BCUT2D eigenvalue weighted by Crippen LogP contribution is -2.47. The summed E-state index contributed by atoms with van der Waals surface area (Å²) in [6.07, 6.45) is 1.84. The topological polar surface area (TPSA) is 60.9 Å². The zero-order valence-electron chi connectivity index (χ0n) is 13.2. The maximum Gasteiger partial charge on any atom is 0.328 e. The highest BCUT2D eigenvalue weighted by Gasteiger charge is 2.59. The second-order valence-electron chi connectivity index (χ2n) is 7.52. The molecule has 3 aliphatic rings. The zero-order chi connectivity index (χ0) is 15.6. The summed E-state index contributed by atoms with van der Waals surface area (Å²) in [5.74, 6) is -0.108. The van der Waals surface area contributed by atoms with Gasteiger partial charge in [-0.2, -0.15) is 0 Å². The number of carbonyl (C=O) groups is 3. The quantitative estimate of drug-likeness (QED) is 0.683. The molecule has 2 unspecified atom stereocenters. The van der Waals surface area contributed by atoms with E-state index < -0.39 is 5.54 Å². The number of hydrogen-bond acceptors (Lipinski definition) is 3. The lowest BCUT2D eigenvalue weighted by atomic mass is 9.99. The van der Waals surface area contributed by atoms with Crippen molar-refractivity contribution < 1.29 is 14.4 Å². The van der Waals surface area contributed by atoms with Crippen LogP contribution >= 0.6 is 0 Å². The highest BCUT2D eigenvalue weighted by Crippen LogP contribution is 2.39. The monoisotopic (exact) mass is 293 g/mol. The molecule has 4 amide bonds. The molecule has 0 N–H and O–H groups in total. The number of fused-ring (bicyclic) bond motifs is 1. The molecule has 0 aromatic carbocycles. The van der Waals surface area contributed by atoms with Gasteiger partial charge in [-0.25, -0.2) is 4.79 Å². The SMILES string of the molecule is CC(C)(C)N1CC(N2C(=O)N3CCCC3(C)C2=O)CC1=O. The Balaban J connectivity index is 1.85. The number of hydrogen-bond donors (Lipinski definition) is 0. The molecule has 21 heavy (non-hydrogen) atoms. The first-order valence-electron chi connectivity index (χ1n) is 7.62. The first kappa shape index (κ1) is 14.4. The van der Waals surface area contributed by atoms with E-state index in [9.17, 15) is 14.4 Å². The van der Waals surface area contributed by atoms with Crippen LogP contribution in [0.5, 0.6) is 0 Å². The summed E-state index contributed by atoms with van der Waals surface area (Å²) in [6, 6.07) is -0.535. The minimum Gasteiger partial charge on any atom is -0.336 e. The Morgan fingerprint density at radius 2 is 1.86 bits per heavy atom. The largest absolute Gasteiger partial charge is 0.336 e. The van der Waals surface area contributed by atoms with Gasteiger partial charge in [-0.1, -0.05) is 0 Å². The first-order chi connectivity index (χ1) is 9.66. The summed E-state index contributed by atoms with van der Waals surface area (Å²) in [4.78, 5) is 42.2. The van der Waals surface area contributed by atoms with E-state index in [1.54, 1.807) is 9.80 Å². The van der Waals surface area contributed by atoms with E-state index in [2.05, 4.69) is 0 Å². The van der Waals surface area contributed by atoms with E-state index in [4.69, 9.17) is 0 Å². The van der Waals surface area contributed by atoms with Gasteiger partial charge in [-0.3, -0.25) is 14.5 Å². The molecule has 6 nitrogen and oxygen atoms in total. The fourth-order valence-electron chi connectivity index (χ4n) is 3.80. The summed E-state index contributed by atoms with van der Waals surface area (Å²) in [6.45, 7) is 8.85. The third-order valence-corrected chi connectivity index (χ3v) is 5.04. The van der Waals surface area contributed by atoms with Crippen molar-refractivity contribution in [1.29, 1.82) is 0 Å². The Hall–Kier alpha value is -1.59. The summed E-state index contributed by atoms with van der Waals surface area (Å²) >= 11 is 0. The van der Waals surface area contributed by atoms with Gasteiger partial charge in [0.2, 0.25) is 5.91 Å². The van der Waals surface area contributed by atoms with Gasteiger partial charge in [0, 0.05) is 25.0 Å². The van der Waals surface area contributed by atoms with Crippen LogP contribution in [0.1, 0.15) is 47.0 Å². The minimum absolute atomic E-state index is 0.0188. The van der Waals surface area contributed by atoms with Crippen molar-refractivity contribution in [1.82, 2.24) is 14.7 Å². The van der Waals surface area contributed by atoms with E-state index in [1.165, 1.54) is 4.90 Å². The third-order valence-electron chi connectivity index (χ3n) is 5.04. The molecule has 3 fully saturated rings. The lowest BCUT2D eigenvalue weighted by Gasteiger charge is -2.32. The van der Waals surface area contributed by atoms with Crippen molar-refractivity contribution >= 4 is 17.8 Å². The fourth-order valence-corrected chi connectivity index (χ4v) is 3.80. The zero-order valence-corrected chi connectivity index (χ0v) is 13.2. The molecule has 0 saturated carbocycles. The molecule has 0 aromatic rings. The highest BCUT2D eigenvalue weighted by molar-refractivity contribution is 6.08. The Morgan fingerprint density at radius 3 is 2.38 bits per heavy atom. The number of nitrogens with zero attached hydrogens (tertiary/aromatic N) is 3. The molecular weight excluding hydrogens is 270 g/mol. The second-order valence-corrected chi connectivity index (χ2v) is 7.52. The molecular formula is C15H23N3O3. The van der Waals surface area contributed by atoms with E-state index in [0.717, 1.165) is 12.8 Å². The standard InChI is InChI=1S/C15H23N3O3/c1-14(2,3)17-9-10(8-11(17)19)18-12(20)15(4)6-5-7-16(15)13(18)21/h10H,5-9H2,1-4H3. The van der Waals surface area contributed by atoms with Crippen LogP contribution in [0.25, 0.3) is 0 Å². The average molecular weight is 293 g/mol. The van der Waals surface area contributed by atoms with E-state index in [0.29, 0.717) is 13.1 Å². The Kier molecular flexibility index (Phi) is 2.88. The van der Waals surface area contributed by atoms with Crippen LogP contribution in [-0.2, 0) is 9.59 Å². The second kappa shape index (κ2) is 4.21. The van der Waals surface area contributed by atoms with Gasteiger partial charge >= 0.3 is 6.03 Å². The van der Waals surface area contributed by atoms with E-state index in [1.807, 2.05) is 27.7 Å². The molecule has 116 valence electrons. The molecule has 0 radical (unpaired) electrons. The predicted molar refractivity (Wildman–Crippen MR) is 76.5 cm³/mol. The smallest absolute Gasteiger partial charge is 0.328 e. The van der Waals surface area contributed by atoms with E-state index >= 15 is 0 Å². The molecule has 0 aliphatic carbocycles. The van der Waals surface area contributed by atoms with Gasteiger partial charge in [0.1, 0.15) is 5.54 Å². The Morgan fingerprint density at radius 1 is 1.19 bits per heavy atom. The van der Waals surface area contributed by atoms with Gasteiger partial charge < -0.3 is 9.80 Å². The first-order valence-corrected chi connectivity index (χ1v) is 7.62. The number of urea groups is 1. The summed E-state index contributed by atoms with van der Waals surface area (Å²) in [5.41, 5.74) is -0.965. The highest BCUT2D eigenvalue weighted by atomic mass is 16.2. The Labute approximate surface area is 125 Å². The normalized spacial score (nSPS) is 33.4. The van der Waals surface area contributed by atoms with Crippen LogP contribution in [0.3, 0.4) is 0 Å². The van der Waals surface area contributed by atoms with Gasteiger partial charge in [-0.15, -0.1) is 0 Å². The molecule has 0 spiro atoms. The van der Waals surface area contributed by atoms with Gasteiger partial charge in [-0.05, 0) is 40.5 Å². The summed E-state index contributed by atoms with van der Waals surface area (Å²) in [7, 11) is 0. The van der Waals surface area contributed by atoms with Crippen LogP contribution in [0.4, 0.5) is 4.79 Å². The van der Waals surface area contributed by atoms with Crippen LogP contribution < -0.4 is 0 Å². The minimum atomic E-state index is -0.685. The maximum atomic E-state index is 12.7. The average Bonchev–Trinajstić information content (AvgIpc) is 2.97. The van der Waals surface area contributed by atoms with Crippen LogP contribution in [0.2, 0.25) is 0 Å². The molecule has 0 aromatic heterocycles. The Bertz CT molecular complexity index is 525. The molecule has 3 saturated heterocycles. The summed E-state index contributed by atoms with van der Waals surface area (Å²) in [5, 5.41) is 0. The van der Waals surface area contributed by atoms with Crippen molar-refractivity contribution in [2.24, 2.45) is 0 Å². The maximum absolute atomic E-state index is 12.7. The number of imide groups is 1. The van der Waals surface area contributed by atoms with Gasteiger partial charge in [0.15, 0.2) is 0 Å². The van der Waals surface area contributed by atoms with Crippen LogP contribution in [0.15, 0.2) is 0 Å². The van der Waals surface area contributed by atoms with Crippen LogP contribution in [0, 0.1) is 0 Å². The third kappa shape index (κ3) is 1.88. The van der Waals surface area contributed by atoms with Crippen molar-refractivity contribution in [3.8, 4) is 0 Å². The number of likely N-dealkylation sites (tertiary alicyclic amines) is 1. The molecule has 3 heterocycles. The van der Waals surface area contributed by atoms with Crippen LogP contribution in [-0.4, -0.2) is 62.8 Å². The number of rotatable bonds is 1. The number of carbonyl (C=O) groups excluding carboxylic acids is 3. The molecule has 2 atom stereocenters. The van der Waals surface area contributed by atoms with Gasteiger partial charge in [0.05, 0.1) is 6.04 Å². The predicted octanol–water partition coefficient (Wildman–Crippen LogP) is 1.20. The molecule has 6 heteroatoms.